The Hall–Kier alpha value is -1.65. The number of carboxylic acids is 1. The molecule has 1 N–H and O–H groups in total. The van der Waals surface area contributed by atoms with Crippen LogP contribution in [0.4, 0.5) is 0 Å². The van der Waals surface area contributed by atoms with Crippen LogP contribution in [0.2, 0.25) is 0 Å². The lowest BCUT2D eigenvalue weighted by molar-refractivity contribution is -0.147. The van der Waals surface area contributed by atoms with Gasteiger partial charge in [-0.15, -0.1) is 0 Å². The van der Waals surface area contributed by atoms with Crippen LogP contribution < -0.4 is 5.56 Å². The molecule has 1 heterocycles. The largest absolute Gasteiger partial charge is 0.479 e. The molecule has 1 atom stereocenters. The molecule has 1 unspecified atom stereocenters. The average molecular weight is 210 g/mol. The molecule has 0 spiro atoms. The molecule has 0 aliphatic heterocycles. The fourth-order valence-corrected chi connectivity index (χ4v) is 1.52. The average Bonchev–Trinajstić information content (AvgIpc) is 2.18. The number of aromatic nitrogens is 2. The first-order chi connectivity index (χ1) is 7.02. The van der Waals surface area contributed by atoms with Gasteiger partial charge >= 0.3 is 5.97 Å². The van der Waals surface area contributed by atoms with Crippen LogP contribution in [0.25, 0.3) is 0 Å². The predicted octanol–water partition coefficient (Wildman–Crippen LogP) is 0.843. The van der Waals surface area contributed by atoms with Crippen LogP contribution in [0.1, 0.15) is 26.7 Å². The van der Waals surface area contributed by atoms with Crippen LogP contribution in [0.5, 0.6) is 0 Å². The maximum absolute atomic E-state index is 11.5. The molecule has 0 aliphatic carbocycles. The Labute approximate surface area is 87.4 Å². The molecule has 0 bridgehead atoms. The Morgan fingerprint density at radius 2 is 2.33 bits per heavy atom. The van der Waals surface area contributed by atoms with E-state index in [0.717, 1.165) is 4.68 Å². The highest BCUT2D eigenvalue weighted by Gasteiger charge is 2.35. The van der Waals surface area contributed by atoms with Gasteiger partial charge in [0, 0.05) is 12.3 Å². The summed E-state index contributed by atoms with van der Waals surface area (Å²) in [7, 11) is 0. The molecule has 1 aromatic rings. The maximum atomic E-state index is 11.5. The lowest BCUT2D eigenvalue weighted by Crippen LogP contribution is -2.46. The Morgan fingerprint density at radius 3 is 2.80 bits per heavy atom. The first kappa shape index (κ1) is 11.4. The molecule has 1 aromatic heterocycles. The molecule has 0 aromatic carbocycles. The molecule has 0 fully saturated rings. The van der Waals surface area contributed by atoms with Gasteiger partial charge in [-0.25, -0.2) is 9.48 Å². The lowest BCUT2D eigenvalue weighted by atomic mass is 9.96. The van der Waals surface area contributed by atoms with Crippen molar-refractivity contribution in [2.75, 3.05) is 0 Å². The van der Waals surface area contributed by atoms with Gasteiger partial charge in [0.15, 0.2) is 5.54 Å². The van der Waals surface area contributed by atoms with Gasteiger partial charge in [-0.2, -0.15) is 5.10 Å². The highest BCUT2D eigenvalue weighted by Crippen LogP contribution is 2.19. The minimum absolute atomic E-state index is 0.374. The normalized spacial score (nSPS) is 14.5. The first-order valence-corrected chi connectivity index (χ1v) is 4.80. The van der Waals surface area contributed by atoms with Crippen LogP contribution >= 0.6 is 0 Å². The van der Waals surface area contributed by atoms with Crippen molar-refractivity contribution in [3.05, 3.63) is 28.7 Å². The molecule has 0 amide bonds. The Morgan fingerprint density at radius 1 is 1.67 bits per heavy atom. The molecular weight excluding hydrogens is 196 g/mol. The minimum atomic E-state index is -1.26. The fraction of sp³-hybridized carbons (Fsp3) is 0.500. The zero-order valence-electron chi connectivity index (χ0n) is 8.80. The van der Waals surface area contributed by atoms with E-state index in [2.05, 4.69) is 5.10 Å². The molecule has 0 radical (unpaired) electrons. The number of hydrogen-bond acceptors (Lipinski definition) is 3. The quantitative estimate of drug-likeness (QED) is 0.799. The van der Waals surface area contributed by atoms with Crippen LogP contribution in [0.3, 0.4) is 0 Å². The molecule has 0 aliphatic rings. The van der Waals surface area contributed by atoms with Crippen molar-refractivity contribution in [2.45, 2.75) is 32.2 Å². The molecule has 5 nitrogen and oxygen atoms in total. The zero-order chi connectivity index (χ0) is 11.5. The zero-order valence-corrected chi connectivity index (χ0v) is 8.80. The van der Waals surface area contributed by atoms with E-state index in [0.29, 0.717) is 12.8 Å². The summed E-state index contributed by atoms with van der Waals surface area (Å²) in [5.74, 6) is -1.04. The van der Waals surface area contributed by atoms with E-state index >= 15 is 0 Å². The number of carbonyl (C=O) groups is 1. The van der Waals surface area contributed by atoms with Crippen LogP contribution in [-0.4, -0.2) is 20.9 Å². The summed E-state index contributed by atoms with van der Waals surface area (Å²) < 4.78 is 1.03. The van der Waals surface area contributed by atoms with Crippen molar-refractivity contribution >= 4 is 5.97 Å². The van der Waals surface area contributed by atoms with Crippen molar-refractivity contribution in [1.29, 1.82) is 0 Å². The lowest BCUT2D eigenvalue weighted by Gasteiger charge is -2.25. The summed E-state index contributed by atoms with van der Waals surface area (Å²) >= 11 is 0. The summed E-state index contributed by atoms with van der Waals surface area (Å²) in [5, 5.41) is 13.0. The van der Waals surface area contributed by atoms with Gasteiger partial charge in [-0.3, -0.25) is 4.79 Å². The van der Waals surface area contributed by atoms with E-state index in [-0.39, 0.29) is 0 Å². The summed E-state index contributed by atoms with van der Waals surface area (Å²) in [6.45, 7) is 3.38. The van der Waals surface area contributed by atoms with E-state index in [1.807, 2.05) is 6.92 Å². The summed E-state index contributed by atoms with van der Waals surface area (Å²) in [5.41, 5.74) is -1.65. The van der Waals surface area contributed by atoms with Gasteiger partial charge < -0.3 is 5.11 Å². The second-order valence-corrected chi connectivity index (χ2v) is 3.60. The highest BCUT2D eigenvalue weighted by atomic mass is 16.4. The van der Waals surface area contributed by atoms with Gasteiger partial charge in [-0.1, -0.05) is 13.3 Å². The van der Waals surface area contributed by atoms with Gasteiger partial charge in [0.25, 0.3) is 5.56 Å². The van der Waals surface area contributed by atoms with E-state index in [4.69, 9.17) is 5.11 Å². The first-order valence-electron chi connectivity index (χ1n) is 4.80. The molecule has 0 saturated heterocycles. The van der Waals surface area contributed by atoms with Gasteiger partial charge in [0.1, 0.15) is 0 Å². The Bertz CT molecular complexity index is 413. The number of carboxylic acid groups (broad SMARTS) is 1. The van der Waals surface area contributed by atoms with E-state index in [1.165, 1.54) is 25.3 Å². The Kier molecular flexibility index (Phi) is 3.24. The van der Waals surface area contributed by atoms with Gasteiger partial charge in [0.05, 0.1) is 0 Å². The minimum Gasteiger partial charge on any atom is -0.479 e. The van der Waals surface area contributed by atoms with Gasteiger partial charge in [0.2, 0.25) is 0 Å². The number of aliphatic carboxylic acids is 1. The monoisotopic (exact) mass is 210 g/mol. The van der Waals surface area contributed by atoms with E-state index in [9.17, 15) is 9.59 Å². The standard InChI is InChI=1S/C10H14N2O3/c1-3-6-10(2,9(14)15)12-8(13)5-4-7-11-12/h4-5,7H,3,6H2,1-2H3,(H,14,15). The fourth-order valence-electron chi connectivity index (χ4n) is 1.52. The van der Waals surface area contributed by atoms with Crippen LogP contribution in [0, 0.1) is 0 Å². The SMILES string of the molecule is CCCC(C)(C(=O)O)n1ncccc1=O. The highest BCUT2D eigenvalue weighted by molar-refractivity contribution is 5.75. The molecule has 15 heavy (non-hydrogen) atoms. The summed E-state index contributed by atoms with van der Waals surface area (Å²) in [6, 6.07) is 2.80. The Balaban J connectivity index is 3.28. The number of hydrogen-bond donors (Lipinski definition) is 1. The smallest absolute Gasteiger partial charge is 0.331 e. The van der Waals surface area contributed by atoms with Crippen molar-refractivity contribution in [3.63, 3.8) is 0 Å². The molecular formula is C10H14N2O3. The van der Waals surface area contributed by atoms with E-state index < -0.39 is 17.1 Å². The third-order valence-corrected chi connectivity index (χ3v) is 2.38. The molecule has 1 rings (SSSR count). The topological polar surface area (TPSA) is 72.2 Å². The summed E-state index contributed by atoms with van der Waals surface area (Å²) in [4.78, 5) is 22.6. The number of nitrogens with zero attached hydrogens (tertiary/aromatic N) is 2. The maximum Gasteiger partial charge on any atom is 0.331 e. The third-order valence-electron chi connectivity index (χ3n) is 2.38. The molecule has 5 heteroatoms. The predicted molar refractivity (Wildman–Crippen MR) is 54.7 cm³/mol. The van der Waals surface area contributed by atoms with Crippen LogP contribution in [0.15, 0.2) is 23.1 Å². The van der Waals surface area contributed by atoms with Crippen molar-refractivity contribution in [1.82, 2.24) is 9.78 Å². The van der Waals surface area contributed by atoms with E-state index in [1.54, 1.807) is 0 Å². The molecule has 82 valence electrons. The second-order valence-electron chi connectivity index (χ2n) is 3.60. The van der Waals surface area contributed by atoms with Crippen molar-refractivity contribution < 1.29 is 9.90 Å². The third kappa shape index (κ3) is 2.06. The van der Waals surface area contributed by atoms with Crippen LogP contribution in [-0.2, 0) is 10.3 Å². The summed E-state index contributed by atoms with van der Waals surface area (Å²) in [6.07, 6.45) is 2.46. The van der Waals surface area contributed by atoms with Crippen molar-refractivity contribution in [2.24, 2.45) is 0 Å². The molecule has 0 saturated carbocycles. The number of rotatable bonds is 4. The second kappa shape index (κ2) is 4.25. The van der Waals surface area contributed by atoms with Gasteiger partial charge in [-0.05, 0) is 19.4 Å². The van der Waals surface area contributed by atoms with Crippen molar-refractivity contribution in [3.8, 4) is 0 Å².